The van der Waals surface area contributed by atoms with E-state index in [9.17, 15) is 28.8 Å². The van der Waals surface area contributed by atoms with E-state index >= 15 is 0 Å². The molecule has 4 N–H and O–H groups in total. The lowest BCUT2D eigenvalue weighted by Gasteiger charge is -2.36. The number of nitrogens with zero attached hydrogens (tertiary/aromatic N) is 7. The molecule has 3 aliphatic heterocycles. The van der Waals surface area contributed by atoms with E-state index in [-0.39, 0.29) is 80.3 Å². The lowest BCUT2D eigenvalue weighted by Crippen LogP contribution is -2.54. The molecule has 308 valence electrons. The molecule has 3 aromatic heterocycles. The third kappa shape index (κ3) is 8.47. The van der Waals surface area contributed by atoms with E-state index in [1.807, 2.05) is 23.6 Å². The summed E-state index contributed by atoms with van der Waals surface area (Å²) in [4.78, 5) is 96.4. The molecule has 19 nitrogen and oxygen atoms in total. The van der Waals surface area contributed by atoms with E-state index in [4.69, 9.17) is 9.47 Å². The lowest BCUT2D eigenvalue weighted by molar-refractivity contribution is -0.138. The first-order chi connectivity index (χ1) is 28.6. The third-order valence-corrected chi connectivity index (χ3v) is 11.1. The van der Waals surface area contributed by atoms with Gasteiger partial charge in [0.1, 0.15) is 30.2 Å². The number of imidazole rings is 1. The number of anilines is 2. The van der Waals surface area contributed by atoms with Gasteiger partial charge in [-0.15, -0.1) is 0 Å². The minimum atomic E-state index is -1.04. The minimum Gasteiger partial charge on any atom is -0.382 e. The van der Waals surface area contributed by atoms with Crippen LogP contribution in [-0.2, 0) is 23.9 Å². The number of carbonyl (C=O) groups is 6. The van der Waals surface area contributed by atoms with E-state index < -0.39 is 29.7 Å². The Bertz CT molecular complexity index is 2280. The Hall–Kier alpha value is -6.34. The first-order valence-electron chi connectivity index (χ1n) is 19.8. The average molecular weight is 808 g/mol. The molecule has 6 amide bonds. The van der Waals surface area contributed by atoms with Gasteiger partial charge in [-0.2, -0.15) is 0 Å². The van der Waals surface area contributed by atoms with Gasteiger partial charge in [0.25, 0.3) is 17.7 Å². The molecule has 1 aliphatic carbocycles. The molecule has 0 unspecified atom stereocenters. The Morgan fingerprint density at radius 3 is 2.49 bits per heavy atom. The summed E-state index contributed by atoms with van der Waals surface area (Å²) in [5.74, 6) is -1.86. The van der Waals surface area contributed by atoms with Gasteiger partial charge >= 0.3 is 0 Å². The highest BCUT2D eigenvalue weighted by molar-refractivity contribution is 6.25. The number of hydrogen-bond acceptors (Lipinski definition) is 14. The van der Waals surface area contributed by atoms with Gasteiger partial charge < -0.3 is 34.9 Å². The highest BCUT2D eigenvalue weighted by Gasteiger charge is 2.45. The number of hydrogen-bond donors (Lipinski definition) is 4. The number of imide groups is 2. The summed E-state index contributed by atoms with van der Waals surface area (Å²) in [7, 11) is 0. The number of likely N-dealkylation sites (tertiary alicyclic amines) is 1. The smallest absolute Gasteiger partial charge is 0.270 e. The van der Waals surface area contributed by atoms with Crippen molar-refractivity contribution in [2.75, 3.05) is 56.7 Å². The standard InChI is InChI=1S/C40H45N11O8/c1-23-4-2-7-29(45-23)37(54)47-25-18-26(19-25)50-22-44-34-35(42-21-43-36(34)50)46-24-10-13-49(14-11-24)32(53)20-59-17-16-58-15-12-41-28-6-3-5-27-33(28)40(57)51(39(27)56)30-8-9-31(52)48-38(30)55/h2-7,21-22,24-26,30,41H,8-20H2,1H3,(H,47,54)(H,42,43,46)(H,48,52,55)/t25?,26?,30-/m0/s1. The van der Waals surface area contributed by atoms with Crippen LogP contribution in [0.25, 0.3) is 11.2 Å². The summed E-state index contributed by atoms with van der Waals surface area (Å²) in [6.45, 7) is 4.01. The molecular weight excluding hydrogens is 763 g/mol. The Labute approximate surface area is 338 Å². The average Bonchev–Trinajstić information content (AvgIpc) is 3.75. The third-order valence-electron chi connectivity index (χ3n) is 11.1. The zero-order valence-corrected chi connectivity index (χ0v) is 32.5. The zero-order chi connectivity index (χ0) is 41.0. The number of amides is 6. The molecule has 2 saturated heterocycles. The largest absolute Gasteiger partial charge is 0.382 e. The van der Waals surface area contributed by atoms with Crippen molar-refractivity contribution in [3.8, 4) is 0 Å². The number of rotatable bonds is 15. The van der Waals surface area contributed by atoms with Gasteiger partial charge in [0.05, 0.1) is 37.3 Å². The van der Waals surface area contributed by atoms with Gasteiger partial charge in [0.2, 0.25) is 17.7 Å². The second-order valence-corrected chi connectivity index (χ2v) is 15.1. The van der Waals surface area contributed by atoms with E-state index in [1.165, 1.54) is 12.4 Å². The molecule has 4 aliphatic rings. The van der Waals surface area contributed by atoms with Gasteiger partial charge in [-0.1, -0.05) is 12.1 Å². The molecule has 0 radical (unpaired) electrons. The molecule has 1 atom stereocenters. The van der Waals surface area contributed by atoms with Crippen LogP contribution >= 0.6 is 0 Å². The molecule has 3 fully saturated rings. The van der Waals surface area contributed by atoms with E-state index in [2.05, 4.69) is 41.2 Å². The first-order valence-corrected chi connectivity index (χ1v) is 19.8. The highest BCUT2D eigenvalue weighted by Crippen LogP contribution is 2.36. The maximum absolute atomic E-state index is 13.3. The summed E-state index contributed by atoms with van der Waals surface area (Å²) in [5, 5.41) is 11.9. The number of carbonyl (C=O) groups excluding carboxylic acids is 6. The van der Waals surface area contributed by atoms with Gasteiger partial charge in [0.15, 0.2) is 11.5 Å². The SMILES string of the molecule is Cc1cccc(C(=O)NC2CC(n3cnc4c(NC5CCN(C(=O)COCCOCCNc6cccc7c6C(=O)N([C@H]6CCC(=O)NC6=O)C7=O)CC5)ncnc43)C2)n1. The number of nitrogens with one attached hydrogen (secondary N) is 4. The quantitative estimate of drug-likeness (QED) is 0.0988. The summed E-state index contributed by atoms with van der Waals surface area (Å²) in [6.07, 6.45) is 6.43. The van der Waals surface area contributed by atoms with Crippen LogP contribution in [0.4, 0.5) is 11.5 Å². The van der Waals surface area contributed by atoms with Crippen molar-refractivity contribution in [3.05, 3.63) is 71.6 Å². The van der Waals surface area contributed by atoms with Crippen LogP contribution in [0, 0.1) is 6.92 Å². The normalized spacial score (nSPS) is 20.7. The number of benzene rings is 1. The van der Waals surface area contributed by atoms with Crippen molar-refractivity contribution in [2.24, 2.45) is 0 Å². The predicted molar refractivity (Wildman–Crippen MR) is 210 cm³/mol. The summed E-state index contributed by atoms with van der Waals surface area (Å²) >= 11 is 0. The molecule has 0 bridgehead atoms. The van der Waals surface area contributed by atoms with Crippen molar-refractivity contribution in [3.63, 3.8) is 0 Å². The lowest BCUT2D eigenvalue weighted by atomic mass is 9.86. The van der Waals surface area contributed by atoms with Gasteiger partial charge in [-0.3, -0.25) is 39.0 Å². The van der Waals surface area contributed by atoms with Crippen molar-refractivity contribution in [2.45, 2.75) is 69.6 Å². The number of pyridine rings is 1. The summed E-state index contributed by atoms with van der Waals surface area (Å²) < 4.78 is 13.3. The maximum Gasteiger partial charge on any atom is 0.270 e. The van der Waals surface area contributed by atoms with Crippen LogP contribution in [0.1, 0.15) is 81.5 Å². The molecule has 4 aromatic rings. The zero-order valence-electron chi connectivity index (χ0n) is 32.5. The fourth-order valence-electron chi connectivity index (χ4n) is 7.94. The van der Waals surface area contributed by atoms with Crippen molar-refractivity contribution >= 4 is 58.1 Å². The van der Waals surface area contributed by atoms with E-state index in [0.717, 1.165) is 41.9 Å². The maximum atomic E-state index is 13.3. The molecule has 1 saturated carbocycles. The number of piperidine rings is 2. The first kappa shape index (κ1) is 39.5. The monoisotopic (exact) mass is 807 g/mol. The number of aryl methyl sites for hydroxylation is 1. The Kier molecular flexibility index (Phi) is 11.5. The second kappa shape index (κ2) is 17.3. The van der Waals surface area contributed by atoms with Crippen molar-refractivity contribution in [1.29, 1.82) is 0 Å². The Morgan fingerprint density at radius 2 is 1.69 bits per heavy atom. The second-order valence-electron chi connectivity index (χ2n) is 15.1. The molecule has 0 spiro atoms. The fraction of sp³-hybridized carbons (Fsp3) is 0.450. The molecule has 8 rings (SSSR count). The summed E-state index contributed by atoms with van der Waals surface area (Å²) in [6, 6.07) is 9.53. The van der Waals surface area contributed by atoms with E-state index in [0.29, 0.717) is 42.4 Å². The molecule has 6 heterocycles. The number of fused-ring (bicyclic) bond motifs is 2. The Balaban J connectivity index is 0.716. The van der Waals surface area contributed by atoms with Crippen molar-refractivity contribution in [1.82, 2.24) is 44.9 Å². The van der Waals surface area contributed by atoms with Crippen molar-refractivity contribution < 1.29 is 38.2 Å². The topological polar surface area (TPSA) is 232 Å². The van der Waals surface area contributed by atoms with Crippen LogP contribution in [0.2, 0.25) is 0 Å². The molecule has 59 heavy (non-hydrogen) atoms. The Morgan fingerprint density at radius 1 is 0.898 bits per heavy atom. The van der Waals surface area contributed by atoms with Gasteiger partial charge in [0, 0.05) is 55.6 Å². The predicted octanol–water partition coefficient (Wildman–Crippen LogP) is 1.61. The van der Waals surface area contributed by atoms with Crippen LogP contribution in [-0.4, -0.2) is 134 Å². The minimum absolute atomic E-state index is 0.0449. The van der Waals surface area contributed by atoms with Crippen LogP contribution in [0.15, 0.2) is 49.1 Å². The number of aromatic nitrogens is 5. The van der Waals surface area contributed by atoms with Gasteiger partial charge in [-0.05, 0) is 63.3 Å². The highest BCUT2D eigenvalue weighted by atomic mass is 16.5. The number of ether oxygens (including phenoxy) is 2. The van der Waals surface area contributed by atoms with E-state index in [1.54, 1.807) is 29.4 Å². The molecule has 1 aromatic carbocycles. The van der Waals surface area contributed by atoms with Crippen LogP contribution in [0.3, 0.4) is 0 Å². The fourth-order valence-corrected chi connectivity index (χ4v) is 7.94. The van der Waals surface area contributed by atoms with Crippen LogP contribution < -0.4 is 21.3 Å². The summed E-state index contributed by atoms with van der Waals surface area (Å²) in [5.41, 5.74) is 3.45. The van der Waals surface area contributed by atoms with Crippen LogP contribution in [0.5, 0.6) is 0 Å². The molecular formula is C40H45N11O8. The molecule has 19 heteroatoms. The van der Waals surface area contributed by atoms with Gasteiger partial charge in [-0.25, -0.2) is 19.9 Å².